The fourth-order valence-corrected chi connectivity index (χ4v) is 5.12. The predicted molar refractivity (Wildman–Crippen MR) is 147 cm³/mol. The number of hydrogen-bond acceptors (Lipinski definition) is 6. The summed E-state index contributed by atoms with van der Waals surface area (Å²) in [5, 5.41) is 2.68. The van der Waals surface area contributed by atoms with E-state index in [0.717, 1.165) is 37.7 Å². The smallest absolute Gasteiger partial charge is 0.259 e. The molecule has 5 rings (SSSR count). The summed E-state index contributed by atoms with van der Waals surface area (Å²) in [4.78, 5) is 40.5. The number of pyridine rings is 1. The highest BCUT2D eigenvalue weighted by molar-refractivity contribution is 6.04. The van der Waals surface area contributed by atoms with Gasteiger partial charge in [0.25, 0.3) is 5.91 Å². The lowest BCUT2D eigenvalue weighted by Gasteiger charge is -2.34. The van der Waals surface area contributed by atoms with E-state index in [0.29, 0.717) is 35.0 Å². The van der Waals surface area contributed by atoms with Crippen LogP contribution in [0, 0.1) is 5.82 Å². The number of nitrogens with zero attached hydrogens (tertiary/aromatic N) is 5. The Morgan fingerprint density at radius 1 is 1.21 bits per heavy atom. The number of anilines is 2. The summed E-state index contributed by atoms with van der Waals surface area (Å²) in [6.45, 7) is 6.30. The van der Waals surface area contributed by atoms with Gasteiger partial charge in [-0.15, -0.1) is 0 Å². The molecule has 2 amide bonds. The number of imidazole rings is 1. The first kappa shape index (κ1) is 26.0. The molecular weight excluding hydrogens is 497 g/mol. The fourth-order valence-electron chi connectivity index (χ4n) is 5.12. The van der Waals surface area contributed by atoms with Crippen molar-refractivity contribution in [3.63, 3.8) is 0 Å². The Balaban J connectivity index is 1.50. The summed E-state index contributed by atoms with van der Waals surface area (Å²) in [6, 6.07) is 7.69. The van der Waals surface area contributed by atoms with Gasteiger partial charge in [-0.3, -0.25) is 14.0 Å². The van der Waals surface area contributed by atoms with Crippen molar-refractivity contribution < 1.29 is 14.0 Å². The van der Waals surface area contributed by atoms with E-state index in [1.807, 2.05) is 10.5 Å². The first-order chi connectivity index (χ1) is 18.9. The molecule has 0 aliphatic carbocycles. The quantitative estimate of drug-likeness (QED) is 0.328. The number of nitrogens with two attached hydrogens (primary N) is 1. The van der Waals surface area contributed by atoms with Crippen LogP contribution in [0.2, 0.25) is 0 Å². The molecule has 1 aliphatic heterocycles. The number of amides is 2. The van der Waals surface area contributed by atoms with Crippen molar-refractivity contribution in [2.75, 3.05) is 17.6 Å². The minimum atomic E-state index is -0.707. The van der Waals surface area contributed by atoms with E-state index in [1.54, 1.807) is 35.6 Å². The summed E-state index contributed by atoms with van der Waals surface area (Å²) in [6.07, 6.45) is 10.6. The molecule has 1 aromatic carbocycles. The van der Waals surface area contributed by atoms with Crippen molar-refractivity contribution in [2.45, 2.75) is 45.1 Å². The normalized spacial score (nSPS) is 15.3. The van der Waals surface area contributed by atoms with Crippen molar-refractivity contribution in [1.82, 2.24) is 24.3 Å². The van der Waals surface area contributed by atoms with Crippen LogP contribution in [0.1, 0.15) is 60.4 Å². The summed E-state index contributed by atoms with van der Waals surface area (Å²) in [7, 11) is 0. The van der Waals surface area contributed by atoms with Crippen LogP contribution < -0.4 is 11.1 Å². The number of benzene rings is 1. The van der Waals surface area contributed by atoms with E-state index in [-0.39, 0.29) is 23.3 Å². The maximum atomic E-state index is 15.3. The predicted octanol–water partition coefficient (Wildman–Crippen LogP) is 4.96. The molecule has 1 unspecified atom stereocenters. The summed E-state index contributed by atoms with van der Waals surface area (Å²) in [5.74, 6) is -0.271. The molecule has 39 heavy (non-hydrogen) atoms. The second kappa shape index (κ2) is 11.0. The Labute approximate surface area is 225 Å². The van der Waals surface area contributed by atoms with Crippen LogP contribution in [-0.4, -0.2) is 42.6 Å². The zero-order chi connectivity index (χ0) is 27.5. The van der Waals surface area contributed by atoms with E-state index in [4.69, 9.17) is 10.7 Å². The maximum absolute atomic E-state index is 15.3. The number of nitrogens with one attached hydrogen (secondary N) is 1. The summed E-state index contributed by atoms with van der Waals surface area (Å²) < 4.78 is 17.1. The van der Waals surface area contributed by atoms with Gasteiger partial charge >= 0.3 is 0 Å². The monoisotopic (exact) mass is 527 g/mol. The Hall–Kier alpha value is -4.60. The number of fused-ring (bicyclic) bond motifs is 1. The van der Waals surface area contributed by atoms with Crippen molar-refractivity contribution in [1.29, 1.82) is 0 Å². The molecule has 200 valence electrons. The number of aromatic nitrogens is 4. The van der Waals surface area contributed by atoms with Crippen LogP contribution in [0.15, 0.2) is 61.6 Å². The van der Waals surface area contributed by atoms with Gasteiger partial charge in [0.15, 0.2) is 0 Å². The van der Waals surface area contributed by atoms with Gasteiger partial charge in [-0.05, 0) is 61.6 Å². The second-order valence-corrected chi connectivity index (χ2v) is 9.55. The lowest BCUT2D eigenvalue weighted by atomic mass is 10.0. The number of carbonyl (C=O) groups excluding carboxylic acids is 2. The maximum Gasteiger partial charge on any atom is 0.259 e. The van der Waals surface area contributed by atoms with Gasteiger partial charge in [0.1, 0.15) is 34.5 Å². The largest absolute Gasteiger partial charge is 0.382 e. The lowest BCUT2D eigenvalue weighted by molar-refractivity contribution is -0.129. The summed E-state index contributed by atoms with van der Waals surface area (Å²) >= 11 is 0. The van der Waals surface area contributed by atoms with Crippen molar-refractivity contribution in [2.24, 2.45) is 0 Å². The van der Waals surface area contributed by atoms with Crippen LogP contribution >= 0.6 is 0 Å². The molecule has 4 heterocycles. The minimum absolute atomic E-state index is 0.119. The number of rotatable bonds is 7. The molecule has 1 fully saturated rings. The highest BCUT2D eigenvalue weighted by atomic mass is 19.1. The second-order valence-electron chi connectivity index (χ2n) is 9.55. The average Bonchev–Trinajstić information content (AvgIpc) is 3.34. The van der Waals surface area contributed by atoms with Gasteiger partial charge in [-0.1, -0.05) is 26.0 Å². The molecular formula is C29H30FN7O2. The molecule has 0 spiro atoms. The SMILES string of the molecule is C=CC(=O)N1CCCCC1c1nc(-c2ccc(C(=O)Nc3cc(CCC)ccn3)c(F)c2)c2c(N)nccn12. The molecule has 0 bridgehead atoms. The topological polar surface area (TPSA) is 119 Å². The zero-order valence-electron chi connectivity index (χ0n) is 21.7. The molecule has 9 nitrogen and oxygen atoms in total. The molecule has 0 radical (unpaired) electrons. The Morgan fingerprint density at radius 3 is 2.82 bits per heavy atom. The van der Waals surface area contributed by atoms with Crippen LogP contribution in [-0.2, 0) is 11.2 Å². The van der Waals surface area contributed by atoms with E-state index in [1.165, 1.54) is 18.2 Å². The number of hydrogen-bond donors (Lipinski definition) is 2. The van der Waals surface area contributed by atoms with Gasteiger partial charge in [-0.25, -0.2) is 19.3 Å². The first-order valence-electron chi connectivity index (χ1n) is 13.0. The third-order valence-electron chi connectivity index (χ3n) is 6.96. The standard InChI is InChI=1S/C29H30FN7O2/c1-3-7-18-11-12-32-23(16-18)34-29(39)20-10-9-19(17-21(20)30)25-26-27(31)33-13-15-37(26)28(35-25)22-8-5-6-14-36(22)24(38)4-2/h4,9-13,15-17,22H,2-3,5-8,14H2,1H3,(H2,31,33)(H,32,34,39). The Bertz CT molecular complexity index is 1560. The average molecular weight is 528 g/mol. The van der Waals surface area contributed by atoms with Crippen molar-refractivity contribution in [3.8, 4) is 11.3 Å². The zero-order valence-corrected chi connectivity index (χ0v) is 21.7. The van der Waals surface area contributed by atoms with Gasteiger partial charge in [-0.2, -0.15) is 0 Å². The van der Waals surface area contributed by atoms with E-state index >= 15 is 4.39 Å². The van der Waals surface area contributed by atoms with Crippen LogP contribution in [0.5, 0.6) is 0 Å². The molecule has 1 atom stereocenters. The summed E-state index contributed by atoms with van der Waals surface area (Å²) in [5.41, 5.74) is 8.55. The van der Waals surface area contributed by atoms with Gasteiger partial charge in [0, 0.05) is 30.7 Å². The van der Waals surface area contributed by atoms with E-state index < -0.39 is 11.7 Å². The van der Waals surface area contributed by atoms with Crippen LogP contribution in [0.25, 0.3) is 16.8 Å². The first-order valence-corrected chi connectivity index (χ1v) is 13.0. The number of carbonyl (C=O) groups is 2. The molecule has 4 aromatic rings. The van der Waals surface area contributed by atoms with Gasteiger partial charge in [0.05, 0.1) is 11.6 Å². The van der Waals surface area contributed by atoms with Gasteiger partial charge < -0.3 is 16.0 Å². The van der Waals surface area contributed by atoms with Crippen molar-refractivity contribution >= 4 is 29.0 Å². The third kappa shape index (κ3) is 5.09. The lowest BCUT2D eigenvalue weighted by Crippen LogP contribution is -2.38. The molecule has 10 heteroatoms. The number of nitrogen functional groups attached to an aromatic ring is 1. The highest BCUT2D eigenvalue weighted by Gasteiger charge is 2.31. The van der Waals surface area contributed by atoms with Crippen LogP contribution in [0.4, 0.5) is 16.0 Å². The Morgan fingerprint density at radius 2 is 2.05 bits per heavy atom. The van der Waals surface area contributed by atoms with Gasteiger partial charge in [0.2, 0.25) is 5.91 Å². The van der Waals surface area contributed by atoms with Crippen LogP contribution in [0.3, 0.4) is 0 Å². The Kier molecular flexibility index (Phi) is 7.36. The van der Waals surface area contributed by atoms with E-state index in [9.17, 15) is 9.59 Å². The molecule has 0 saturated carbocycles. The third-order valence-corrected chi connectivity index (χ3v) is 6.96. The number of likely N-dealkylation sites (tertiary alicyclic amines) is 1. The molecule has 3 N–H and O–H groups in total. The minimum Gasteiger partial charge on any atom is -0.382 e. The highest BCUT2D eigenvalue weighted by Crippen LogP contribution is 2.36. The number of aryl methyl sites for hydroxylation is 1. The fraction of sp³-hybridized carbons (Fsp3) is 0.276. The number of halogens is 1. The van der Waals surface area contributed by atoms with Crippen molar-refractivity contribution in [3.05, 3.63) is 84.3 Å². The molecule has 1 aliphatic rings. The molecule has 3 aromatic heterocycles. The van der Waals surface area contributed by atoms with E-state index in [2.05, 4.69) is 28.8 Å². The number of piperidine rings is 1. The molecule has 1 saturated heterocycles.